The fraction of sp³-hybridized carbons (Fsp3) is 0.391. The summed E-state index contributed by atoms with van der Waals surface area (Å²) in [6.45, 7) is 3.31. The Balaban J connectivity index is 1.43. The highest BCUT2D eigenvalue weighted by Crippen LogP contribution is 2.22. The number of carbonyl (C=O) groups excluding carboxylic acids is 2. The van der Waals surface area contributed by atoms with Gasteiger partial charge in [0.2, 0.25) is 5.91 Å². The van der Waals surface area contributed by atoms with E-state index in [4.69, 9.17) is 0 Å². The number of likely N-dealkylation sites (tertiary alicyclic amines) is 1. The van der Waals surface area contributed by atoms with Crippen LogP contribution in [-0.4, -0.2) is 29.9 Å². The van der Waals surface area contributed by atoms with Crippen molar-refractivity contribution in [1.82, 2.24) is 10.2 Å². The number of urea groups is 1. The van der Waals surface area contributed by atoms with Crippen molar-refractivity contribution in [3.63, 3.8) is 0 Å². The van der Waals surface area contributed by atoms with E-state index in [0.717, 1.165) is 24.8 Å². The Labute approximate surface area is 171 Å². The molecule has 0 unspecified atom stereocenters. The van der Waals surface area contributed by atoms with E-state index < -0.39 is 0 Å². The molecule has 2 aromatic carbocycles. The van der Waals surface area contributed by atoms with E-state index in [-0.39, 0.29) is 23.8 Å². The largest absolute Gasteiger partial charge is 0.350 e. The highest BCUT2D eigenvalue weighted by molar-refractivity contribution is 5.89. The number of amides is 3. The molecule has 2 N–H and O–H groups in total. The topological polar surface area (TPSA) is 61.4 Å². The van der Waals surface area contributed by atoms with Crippen LogP contribution in [0.1, 0.15) is 44.2 Å². The first-order valence-corrected chi connectivity index (χ1v) is 10.2. The molecule has 0 aromatic heterocycles. The zero-order valence-corrected chi connectivity index (χ0v) is 16.7. The third kappa shape index (κ3) is 6.31. The lowest BCUT2D eigenvalue weighted by Crippen LogP contribution is -2.42. The molecule has 1 aliphatic heterocycles. The Morgan fingerprint density at radius 3 is 2.59 bits per heavy atom. The van der Waals surface area contributed by atoms with E-state index in [2.05, 4.69) is 10.6 Å². The van der Waals surface area contributed by atoms with Gasteiger partial charge in [0, 0.05) is 25.2 Å². The van der Waals surface area contributed by atoms with Gasteiger partial charge < -0.3 is 15.5 Å². The molecule has 2 atom stereocenters. The van der Waals surface area contributed by atoms with Crippen molar-refractivity contribution in [2.45, 2.75) is 38.6 Å². The monoisotopic (exact) mass is 397 g/mol. The molecule has 3 amide bonds. The molecule has 3 rings (SSSR count). The molecule has 29 heavy (non-hydrogen) atoms. The molecular weight excluding hydrogens is 369 g/mol. The maximum absolute atomic E-state index is 13.0. The zero-order valence-electron chi connectivity index (χ0n) is 16.7. The molecule has 1 fully saturated rings. The lowest BCUT2D eigenvalue weighted by molar-refractivity contribution is -0.122. The number of anilines is 1. The predicted molar refractivity (Wildman–Crippen MR) is 112 cm³/mol. The SMILES string of the molecule is C[C@@H](NC(=O)CC[C@@H]1CCCN(C(=O)Nc2ccc(F)cc2)C1)c1ccccc1. The van der Waals surface area contributed by atoms with Crippen LogP contribution in [0.25, 0.3) is 0 Å². The first-order valence-electron chi connectivity index (χ1n) is 10.2. The molecule has 0 radical (unpaired) electrons. The molecule has 1 aliphatic rings. The Bertz CT molecular complexity index is 811. The first-order chi connectivity index (χ1) is 14.0. The molecule has 0 spiro atoms. The van der Waals surface area contributed by atoms with E-state index in [0.29, 0.717) is 31.1 Å². The maximum atomic E-state index is 13.0. The molecule has 1 heterocycles. The predicted octanol–water partition coefficient (Wildman–Crippen LogP) is 4.73. The van der Waals surface area contributed by atoms with Crippen LogP contribution in [0.4, 0.5) is 14.9 Å². The van der Waals surface area contributed by atoms with Crippen molar-refractivity contribution in [3.05, 3.63) is 66.0 Å². The van der Waals surface area contributed by atoms with Gasteiger partial charge in [0.15, 0.2) is 0 Å². The van der Waals surface area contributed by atoms with Crippen LogP contribution in [0.3, 0.4) is 0 Å². The van der Waals surface area contributed by atoms with E-state index >= 15 is 0 Å². The smallest absolute Gasteiger partial charge is 0.321 e. The number of halogens is 1. The molecule has 0 saturated carbocycles. The van der Waals surface area contributed by atoms with Crippen molar-refractivity contribution >= 4 is 17.6 Å². The Hall–Kier alpha value is -2.89. The number of nitrogens with zero attached hydrogens (tertiary/aromatic N) is 1. The summed E-state index contributed by atoms with van der Waals surface area (Å²) in [5.41, 5.74) is 1.66. The normalized spacial score (nSPS) is 17.4. The zero-order chi connectivity index (χ0) is 20.6. The second-order valence-corrected chi connectivity index (χ2v) is 7.63. The molecule has 0 bridgehead atoms. The first kappa shape index (κ1) is 20.8. The fourth-order valence-electron chi connectivity index (χ4n) is 3.69. The number of hydrogen-bond donors (Lipinski definition) is 2. The molecule has 154 valence electrons. The van der Waals surface area contributed by atoms with Crippen molar-refractivity contribution in [2.24, 2.45) is 5.92 Å². The van der Waals surface area contributed by atoms with E-state index in [9.17, 15) is 14.0 Å². The van der Waals surface area contributed by atoms with Crippen LogP contribution in [0.5, 0.6) is 0 Å². The number of piperidine rings is 1. The maximum Gasteiger partial charge on any atom is 0.321 e. The van der Waals surface area contributed by atoms with Crippen molar-refractivity contribution in [1.29, 1.82) is 0 Å². The molecular formula is C23H28FN3O2. The highest BCUT2D eigenvalue weighted by Gasteiger charge is 2.24. The minimum atomic E-state index is -0.333. The summed E-state index contributed by atoms with van der Waals surface area (Å²) in [6.07, 6.45) is 3.15. The molecule has 0 aliphatic carbocycles. The van der Waals surface area contributed by atoms with Gasteiger partial charge >= 0.3 is 6.03 Å². The molecule has 6 heteroatoms. The number of rotatable bonds is 6. The standard InChI is InChI=1S/C23H28FN3O2/c1-17(19-7-3-2-4-8-19)25-22(28)14-9-18-6-5-15-27(16-18)23(29)26-21-12-10-20(24)11-13-21/h2-4,7-8,10-13,17-18H,5-6,9,14-16H2,1H3,(H,25,28)(H,26,29)/t17-,18+/m1/s1. The second-order valence-electron chi connectivity index (χ2n) is 7.63. The van der Waals surface area contributed by atoms with E-state index in [1.165, 1.54) is 12.1 Å². The van der Waals surface area contributed by atoms with Gasteiger partial charge in [-0.15, -0.1) is 0 Å². The lowest BCUT2D eigenvalue weighted by Gasteiger charge is -2.32. The van der Waals surface area contributed by atoms with E-state index in [1.807, 2.05) is 37.3 Å². The van der Waals surface area contributed by atoms with Crippen LogP contribution < -0.4 is 10.6 Å². The summed E-state index contributed by atoms with van der Waals surface area (Å²) >= 11 is 0. The van der Waals surface area contributed by atoms with Crippen LogP contribution in [0, 0.1) is 11.7 Å². The number of nitrogens with one attached hydrogen (secondary N) is 2. The summed E-state index contributed by atoms with van der Waals surface area (Å²) < 4.78 is 13.0. The van der Waals surface area contributed by atoms with Gasteiger partial charge in [0.25, 0.3) is 0 Å². The van der Waals surface area contributed by atoms with E-state index in [1.54, 1.807) is 17.0 Å². The molecule has 5 nitrogen and oxygen atoms in total. The van der Waals surface area contributed by atoms with Crippen molar-refractivity contribution in [3.8, 4) is 0 Å². The van der Waals surface area contributed by atoms with Gasteiger partial charge in [0.1, 0.15) is 5.82 Å². The van der Waals surface area contributed by atoms with Gasteiger partial charge in [0.05, 0.1) is 6.04 Å². The number of benzene rings is 2. The Kier molecular flexibility index (Phi) is 7.22. The third-order valence-electron chi connectivity index (χ3n) is 5.36. The van der Waals surface area contributed by atoms with Crippen LogP contribution in [0.2, 0.25) is 0 Å². The average molecular weight is 397 g/mol. The number of hydrogen-bond acceptors (Lipinski definition) is 2. The van der Waals surface area contributed by atoms with Gasteiger partial charge in [-0.1, -0.05) is 30.3 Å². The summed E-state index contributed by atoms with van der Waals surface area (Å²) in [5, 5.41) is 5.85. The molecule has 1 saturated heterocycles. The Morgan fingerprint density at radius 1 is 1.14 bits per heavy atom. The second kappa shape index (κ2) is 10.0. The quantitative estimate of drug-likeness (QED) is 0.740. The fourth-order valence-corrected chi connectivity index (χ4v) is 3.69. The summed E-state index contributed by atoms with van der Waals surface area (Å²) in [5.74, 6) is 0.00985. The minimum Gasteiger partial charge on any atom is -0.350 e. The van der Waals surface area contributed by atoms with Crippen molar-refractivity contribution < 1.29 is 14.0 Å². The highest BCUT2D eigenvalue weighted by atomic mass is 19.1. The van der Waals surface area contributed by atoms with Gasteiger partial charge in [-0.25, -0.2) is 9.18 Å². The number of carbonyl (C=O) groups is 2. The summed E-state index contributed by atoms with van der Waals surface area (Å²) in [4.78, 5) is 26.6. The summed E-state index contributed by atoms with van der Waals surface area (Å²) in [7, 11) is 0. The average Bonchev–Trinajstić information content (AvgIpc) is 2.74. The van der Waals surface area contributed by atoms with Gasteiger partial charge in [-0.2, -0.15) is 0 Å². The van der Waals surface area contributed by atoms with Crippen LogP contribution >= 0.6 is 0 Å². The third-order valence-corrected chi connectivity index (χ3v) is 5.36. The van der Waals surface area contributed by atoms with Crippen LogP contribution in [0.15, 0.2) is 54.6 Å². The van der Waals surface area contributed by atoms with Crippen LogP contribution in [-0.2, 0) is 4.79 Å². The minimum absolute atomic E-state index is 0.0203. The summed E-state index contributed by atoms with van der Waals surface area (Å²) in [6, 6.07) is 15.4. The Morgan fingerprint density at radius 2 is 1.86 bits per heavy atom. The molecule has 2 aromatic rings. The van der Waals surface area contributed by atoms with Crippen molar-refractivity contribution in [2.75, 3.05) is 18.4 Å². The van der Waals surface area contributed by atoms with Gasteiger partial charge in [-0.05, 0) is 61.9 Å². The lowest BCUT2D eigenvalue weighted by atomic mass is 9.93. The van der Waals surface area contributed by atoms with Gasteiger partial charge in [-0.3, -0.25) is 4.79 Å².